The molecule has 0 unspecified atom stereocenters. The molecule has 2 N–H and O–H groups in total. The number of nitrogens with one attached hydrogen (secondary N) is 1. The second-order valence-electron chi connectivity index (χ2n) is 6.74. The largest absolute Gasteiger partial charge is 0.494 e. The predicted octanol–water partition coefficient (Wildman–Crippen LogP) is 3.19. The number of hydrogen-bond acceptors (Lipinski definition) is 3. The minimum absolute atomic E-state index is 0.0694. The van der Waals surface area contributed by atoms with E-state index in [9.17, 15) is 14.7 Å². The van der Waals surface area contributed by atoms with E-state index in [0.29, 0.717) is 31.8 Å². The molecule has 2 aliphatic rings. The molecule has 1 aliphatic carbocycles. The van der Waals surface area contributed by atoms with E-state index in [1.54, 1.807) is 17.0 Å². The lowest BCUT2D eigenvalue weighted by Gasteiger charge is -2.23. The summed E-state index contributed by atoms with van der Waals surface area (Å²) in [5.74, 6) is 0.0187. The number of hydrogen-bond donors (Lipinski definition) is 2. The Morgan fingerprint density at radius 3 is 3.00 bits per heavy atom. The summed E-state index contributed by atoms with van der Waals surface area (Å²) >= 11 is 0. The van der Waals surface area contributed by atoms with E-state index in [4.69, 9.17) is 4.74 Å². The molecule has 1 aromatic carbocycles. The van der Waals surface area contributed by atoms with Crippen LogP contribution >= 0.6 is 0 Å². The average Bonchev–Trinajstić information content (AvgIpc) is 3.11. The molecule has 130 valence electrons. The van der Waals surface area contributed by atoms with Crippen molar-refractivity contribution in [2.45, 2.75) is 32.6 Å². The van der Waals surface area contributed by atoms with Crippen LogP contribution in [0.25, 0.3) is 0 Å². The van der Waals surface area contributed by atoms with E-state index < -0.39 is 11.4 Å². The Balaban J connectivity index is 1.65. The fraction of sp³-hybridized carbons (Fsp3) is 0.556. The number of aliphatic carboxylic acids is 1. The quantitative estimate of drug-likeness (QED) is 0.868. The third-order valence-electron chi connectivity index (χ3n) is 5.14. The van der Waals surface area contributed by atoms with Gasteiger partial charge in [-0.15, -0.1) is 0 Å². The standard InChI is InChI=1S/C18H24N2O4/c1-2-9-24-15-7-3-6-14(10-15)19-17(23)20-11-13-5-4-8-18(13,12-20)16(21)22/h3,6-7,10,13H,2,4-5,8-9,11-12H2,1H3,(H,19,23)(H,21,22)/t13-,18+/m0/s1. The molecule has 2 fully saturated rings. The lowest BCUT2D eigenvalue weighted by atomic mass is 9.81. The van der Waals surface area contributed by atoms with E-state index in [2.05, 4.69) is 5.32 Å². The van der Waals surface area contributed by atoms with Gasteiger partial charge < -0.3 is 20.1 Å². The van der Waals surface area contributed by atoms with E-state index in [1.165, 1.54) is 0 Å². The maximum Gasteiger partial charge on any atom is 0.321 e. The van der Waals surface area contributed by atoms with Gasteiger partial charge in [0, 0.05) is 24.8 Å². The van der Waals surface area contributed by atoms with Gasteiger partial charge in [-0.3, -0.25) is 4.79 Å². The van der Waals surface area contributed by atoms with E-state index in [-0.39, 0.29) is 11.9 Å². The van der Waals surface area contributed by atoms with Crippen LogP contribution in [0.2, 0.25) is 0 Å². The van der Waals surface area contributed by atoms with Crippen LogP contribution in [0.1, 0.15) is 32.6 Å². The Bertz CT molecular complexity index is 633. The molecule has 6 nitrogen and oxygen atoms in total. The Morgan fingerprint density at radius 1 is 1.46 bits per heavy atom. The van der Waals surface area contributed by atoms with Crippen molar-refractivity contribution in [3.8, 4) is 5.75 Å². The molecule has 0 aromatic heterocycles. The van der Waals surface area contributed by atoms with Crippen LogP contribution in [-0.2, 0) is 4.79 Å². The topological polar surface area (TPSA) is 78.9 Å². The Labute approximate surface area is 141 Å². The summed E-state index contributed by atoms with van der Waals surface area (Å²) in [6, 6.07) is 7.04. The zero-order valence-corrected chi connectivity index (χ0v) is 14.0. The molecule has 1 aromatic rings. The van der Waals surface area contributed by atoms with E-state index in [1.807, 2.05) is 19.1 Å². The SMILES string of the molecule is CCCOc1cccc(NC(=O)N2C[C@@H]3CCC[C@@]3(C(=O)O)C2)c1. The molecule has 6 heteroatoms. The minimum Gasteiger partial charge on any atom is -0.494 e. The number of carboxylic acids is 1. The van der Waals surface area contributed by atoms with Gasteiger partial charge in [-0.25, -0.2) is 4.79 Å². The number of anilines is 1. The highest BCUT2D eigenvalue weighted by molar-refractivity contribution is 5.90. The summed E-state index contributed by atoms with van der Waals surface area (Å²) in [6.07, 6.45) is 3.40. The number of carbonyl (C=O) groups excluding carboxylic acids is 1. The number of ether oxygens (including phenoxy) is 1. The summed E-state index contributed by atoms with van der Waals surface area (Å²) in [6.45, 7) is 3.48. The van der Waals surface area contributed by atoms with Gasteiger partial charge >= 0.3 is 12.0 Å². The number of nitrogens with zero attached hydrogens (tertiary/aromatic N) is 1. The minimum atomic E-state index is -0.768. The molecule has 1 saturated heterocycles. The zero-order valence-electron chi connectivity index (χ0n) is 14.0. The fourth-order valence-corrected chi connectivity index (χ4v) is 3.88. The van der Waals surface area contributed by atoms with Gasteiger partial charge in [-0.2, -0.15) is 0 Å². The molecular weight excluding hydrogens is 308 g/mol. The van der Waals surface area contributed by atoms with Gasteiger partial charge in [0.05, 0.1) is 12.0 Å². The highest BCUT2D eigenvalue weighted by Gasteiger charge is 2.55. The third kappa shape index (κ3) is 3.05. The lowest BCUT2D eigenvalue weighted by Crippen LogP contribution is -2.38. The molecule has 3 rings (SSSR count). The first-order valence-electron chi connectivity index (χ1n) is 8.57. The lowest BCUT2D eigenvalue weighted by molar-refractivity contribution is -0.149. The number of likely N-dealkylation sites (tertiary alicyclic amines) is 1. The summed E-state index contributed by atoms with van der Waals surface area (Å²) in [7, 11) is 0. The van der Waals surface area contributed by atoms with Crippen LogP contribution in [0, 0.1) is 11.3 Å². The first-order valence-corrected chi connectivity index (χ1v) is 8.57. The smallest absolute Gasteiger partial charge is 0.321 e. The van der Waals surface area contributed by atoms with Crippen LogP contribution in [0.15, 0.2) is 24.3 Å². The molecule has 2 atom stereocenters. The maximum absolute atomic E-state index is 12.5. The average molecular weight is 332 g/mol. The molecule has 0 radical (unpaired) electrons. The van der Waals surface area contributed by atoms with Crippen LogP contribution in [0.4, 0.5) is 10.5 Å². The van der Waals surface area contributed by atoms with Crippen LogP contribution < -0.4 is 10.1 Å². The Hall–Kier alpha value is -2.24. The summed E-state index contributed by atoms with van der Waals surface area (Å²) in [5, 5.41) is 12.5. The summed E-state index contributed by atoms with van der Waals surface area (Å²) < 4.78 is 5.57. The number of urea groups is 1. The predicted molar refractivity (Wildman–Crippen MR) is 90.2 cm³/mol. The zero-order chi connectivity index (χ0) is 17.2. The molecule has 24 heavy (non-hydrogen) atoms. The van der Waals surface area contributed by atoms with Crippen molar-refractivity contribution in [3.63, 3.8) is 0 Å². The van der Waals surface area contributed by atoms with Gasteiger partial charge in [-0.1, -0.05) is 19.4 Å². The summed E-state index contributed by atoms with van der Waals surface area (Å²) in [5.41, 5.74) is -0.0845. The highest BCUT2D eigenvalue weighted by atomic mass is 16.5. The molecule has 2 amide bonds. The fourth-order valence-electron chi connectivity index (χ4n) is 3.88. The first kappa shape index (κ1) is 16.6. The van der Waals surface area contributed by atoms with Crippen molar-refractivity contribution in [1.29, 1.82) is 0 Å². The van der Waals surface area contributed by atoms with E-state index in [0.717, 1.165) is 25.0 Å². The second kappa shape index (κ2) is 6.71. The number of amides is 2. The van der Waals surface area contributed by atoms with Crippen molar-refractivity contribution >= 4 is 17.7 Å². The van der Waals surface area contributed by atoms with Gasteiger partial charge in [0.15, 0.2) is 0 Å². The first-order chi connectivity index (χ1) is 11.5. The van der Waals surface area contributed by atoms with Gasteiger partial charge in [-0.05, 0) is 37.3 Å². The third-order valence-corrected chi connectivity index (χ3v) is 5.14. The summed E-state index contributed by atoms with van der Waals surface area (Å²) in [4.78, 5) is 25.9. The number of carbonyl (C=O) groups is 2. The Morgan fingerprint density at radius 2 is 2.29 bits per heavy atom. The molecule has 1 aliphatic heterocycles. The van der Waals surface area contributed by atoms with Crippen molar-refractivity contribution in [1.82, 2.24) is 4.90 Å². The van der Waals surface area contributed by atoms with Crippen LogP contribution in [-0.4, -0.2) is 41.7 Å². The molecular formula is C18H24N2O4. The van der Waals surface area contributed by atoms with Crippen molar-refractivity contribution in [3.05, 3.63) is 24.3 Å². The van der Waals surface area contributed by atoms with Crippen molar-refractivity contribution in [2.75, 3.05) is 25.0 Å². The number of fused-ring (bicyclic) bond motifs is 1. The number of rotatable bonds is 5. The Kier molecular flexibility index (Phi) is 4.64. The van der Waals surface area contributed by atoms with Crippen molar-refractivity contribution < 1.29 is 19.4 Å². The van der Waals surface area contributed by atoms with Gasteiger partial charge in [0.25, 0.3) is 0 Å². The van der Waals surface area contributed by atoms with Gasteiger partial charge in [0.2, 0.25) is 0 Å². The molecule has 0 spiro atoms. The maximum atomic E-state index is 12.5. The highest BCUT2D eigenvalue weighted by Crippen LogP contribution is 2.48. The van der Waals surface area contributed by atoms with Gasteiger partial charge in [0.1, 0.15) is 5.75 Å². The number of benzene rings is 1. The second-order valence-corrected chi connectivity index (χ2v) is 6.74. The molecule has 1 heterocycles. The number of carboxylic acid groups (broad SMARTS) is 1. The normalized spacial score (nSPS) is 25.4. The molecule has 1 saturated carbocycles. The van der Waals surface area contributed by atoms with Crippen molar-refractivity contribution in [2.24, 2.45) is 11.3 Å². The monoisotopic (exact) mass is 332 g/mol. The van der Waals surface area contributed by atoms with E-state index >= 15 is 0 Å². The molecule has 0 bridgehead atoms. The van der Waals surface area contributed by atoms with Crippen LogP contribution in [0.5, 0.6) is 5.75 Å². The van der Waals surface area contributed by atoms with Crippen LogP contribution in [0.3, 0.4) is 0 Å².